The minimum absolute atomic E-state index is 0.0130. The maximum atomic E-state index is 12.1. The maximum absolute atomic E-state index is 12.1. The summed E-state index contributed by atoms with van der Waals surface area (Å²) in [6.07, 6.45) is 3.63. The molecule has 0 aliphatic heterocycles. The Balaban J connectivity index is 2.62. The van der Waals surface area contributed by atoms with Crippen molar-refractivity contribution >= 4 is 5.97 Å². The Morgan fingerprint density at radius 3 is 3.16 bits per heavy atom. The first-order valence-electron chi connectivity index (χ1n) is 8.58. The predicted octanol–water partition coefficient (Wildman–Crippen LogP) is 2.10. The Morgan fingerprint density at radius 1 is 1.58 bits per heavy atom. The van der Waals surface area contributed by atoms with Gasteiger partial charge in [-0.2, -0.15) is 5.10 Å². The monoisotopic (exact) mass is 266 g/mol. The van der Waals surface area contributed by atoms with Gasteiger partial charge in [-0.05, 0) is 26.7 Å². The molecule has 2 rings (SSSR count). The smallest absolute Gasteiger partial charge is 0.341 e. The van der Waals surface area contributed by atoms with E-state index in [9.17, 15) is 4.79 Å². The third-order valence-corrected chi connectivity index (χ3v) is 2.37. The zero-order valence-electron chi connectivity index (χ0n) is 16.2. The van der Waals surface area contributed by atoms with Gasteiger partial charge in [-0.3, -0.25) is 4.68 Å². The summed E-state index contributed by atoms with van der Waals surface area (Å²) in [7, 11) is 0. The number of rotatable bonds is 4. The molecule has 0 N–H and O–H groups in total. The van der Waals surface area contributed by atoms with Crippen LogP contribution >= 0.6 is 0 Å². The molecule has 0 saturated carbocycles. The molecule has 0 bridgehead atoms. The summed E-state index contributed by atoms with van der Waals surface area (Å²) in [6, 6.07) is -0.509. The van der Waals surface area contributed by atoms with Crippen LogP contribution in [-0.4, -0.2) is 32.3 Å². The molecule has 0 aliphatic carbocycles. The molecule has 0 aromatic carbocycles. The van der Waals surface area contributed by atoms with Crippen molar-refractivity contribution in [2.45, 2.75) is 26.7 Å². The van der Waals surface area contributed by atoms with Crippen LogP contribution in [-0.2, 0) is 4.74 Å². The second kappa shape index (κ2) is 5.60. The third kappa shape index (κ3) is 2.62. The highest BCUT2D eigenvalue weighted by atomic mass is 16.5. The van der Waals surface area contributed by atoms with Crippen molar-refractivity contribution in [3.8, 4) is 11.4 Å². The van der Waals surface area contributed by atoms with Crippen molar-refractivity contribution in [1.82, 2.24) is 19.7 Å². The highest BCUT2D eigenvalue weighted by molar-refractivity contribution is 5.95. The Bertz CT molecular complexity index is 741. The van der Waals surface area contributed by atoms with Crippen LogP contribution in [0.15, 0.2) is 24.8 Å². The lowest BCUT2D eigenvalue weighted by molar-refractivity contribution is 0.0526. The Morgan fingerprint density at radius 2 is 2.42 bits per heavy atom. The highest BCUT2D eigenvalue weighted by Crippen LogP contribution is 2.23. The normalized spacial score (nSPS) is 16.7. The van der Waals surface area contributed by atoms with Crippen LogP contribution < -0.4 is 0 Å². The number of nitrogens with zero attached hydrogens (tertiary/aromatic N) is 4. The molecular weight excluding hydrogens is 244 g/mol. The Hall–Kier alpha value is -2.24. The number of carbonyl (C=O) groups is 1. The molecule has 2 aromatic rings. The van der Waals surface area contributed by atoms with E-state index >= 15 is 0 Å². The fourth-order valence-corrected chi connectivity index (χ4v) is 1.60. The fraction of sp³-hybridized carbons (Fsp3) is 0.385. The Labute approximate surface area is 119 Å². The van der Waals surface area contributed by atoms with Gasteiger partial charge in [0.25, 0.3) is 0 Å². The van der Waals surface area contributed by atoms with E-state index in [1.807, 2.05) is 0 Å². The van der Waals surface area contributed by atoms with Gasteiger partial charge < -0.3 is 4.74 Å². The van der Waals surface area contributed by atoms with Gasteiger partial charge in [-0.25, -0.2) is 14.8 Å². The lowest BCUT2D eigenvalue weighted by Gasteiger charge is -2.12. The van der Waals surface area contributed by atoms with Gasteiger partial charge in [-0.1, -0.05) is 0 Å². The van der Waals surface area contributed by atoms with Crippen molar-refractivity contribution in [2.24, 2.45) is 0 Å². The fourth-order valence-electron chi connectivity index (χ4n) is 1.60. The van der Waals surface area contributed by atoms with E-state index < -0.39 is 25.7 Å². The van der Waals surface area contributed by atoms with E-state index in [4.69, 9.17) is 13.0 Å². The second-order valence-corrected chi connectivity index (χ2v) is 3.57. The molecular formula is C13H16N4O2. The van der Waals surface area contributed by atoms with Crippen LogP contribution in [0.4, 0.5) is 0 Å². The van der Waals surface area contributed by atoms with Crippen LogP contribution in [0.1, 0.15) is 45.3 Å². The minimum atomic E-state index is -2.84. The van der Waals surface area contributed by atoms with Crippen LogP contribution in [0.5, 0.6) is 0 Å². The van der Waals surface area contributed by atoms with Crippen LogP contribution in [0, 0.1) is 0 Å². The first-order valence-corrected chi connectivity index (χ1v) is 5.58. The van der Waals surface area contributed by atoms with Gasteiger partial charge in [0.2, 0.25) is 0 Å². The Kier molecular flexibility index (Phi) is 2.17. The van der Waals surface area contributed by atoms with Gasteiger partial charge in [0.15, 0.2) is 0 Å². The van der Waals surface area contributed by atoms with E-state index in [2.05, 4.69) is 15.1 Å². The van der Waals surface area contributed by atoms with Crippen LogP contribution in [0.25, 0.3) is 11.4 Å². The van der Waals surface area contributed by atoms with Crippen molar-refractivity contribution in [3.05, 3.63) is 30.4 Å². The largest absolute Gasteiger partial charge is 0.462 e. The summed E-state index contributed by atoms with van der Waals surface area (Å²) in [5.41, 5.74) is 0.105. The van der Waals surface area contributed by atoms with Crippen molar-refractivity contribution in [2.75, 3.05) is 6.61 Å². The summed E-state index contributed by atoms with van der Waals surface area (Å²) in [5, 5.41) is 3.86. The lowest BCUT2D eigenvalue weighted by Crippen LogP contribution is -2.11. The third-order valence-electron chi connectivity index (χ3n) is 2.37. The molecule has 0 aliphatic rings. The van der Waals surface area contributed by atoms with Crippen LogP contribution in [0.3, 0.4) is 0 Å². The van der Waals surface area contributed by atoms with E-state index in [1.165, 1.54) is 18.5 Å². The molecule has 2 heterocycles. The SMILES string of the molecule is [2H]C([2H])([2H])C(n1nccc1-c1ncncc1C(=O)OCC)C([2H])([2H])[2H]. The molecule has 0 unspecified atom stereocenters. The molecule has 6 nitrogen and oxygen atoms in total. The van der Waals surface area contributed by atoms with E-state index in [1.54, 1.807) is 6.92 Å². The van der Waals surface area contributed by atoms with Gasteiger partial charge in [0.1, 0.15) is 17.6 Å². The van der Waals surface area contributed by atoms with E-state index in [-0.39, 0.29) is 23.6 Å². The topological polar surface area (TPSA) is 69.9 Å². The first-order chi connectivity index (χ1) is 11.6. The van der Waals surface area contributed by atoms with Gasteiger partial charge in [-0.15, -0.1) is 0 Å². The maximum Gasteiger partial charge on any atom is 0.341 e. The van der Waals surface area contributed by atoms with E-state index in [0.717, 1.165) is 11.0 Å². The van der Waals surface area contributed by atoms with Crippen molar-refractivity contribution < 1.29 is 17.8 Å². The summed E-state index contributed by atoms with van der Waals surface area (Å²) < 4.78 is 51.2. The van der Waals surface area contributed by atoms with Crippen molar-refractivity contribution in [3.63, 3.8) is 0 Å². The number of carbonyl (C=O) groups excluding carboxylic acids is 1. The number of hydrogen-bond donors (Lipinski definition) is 0. The number of esters is 1. The van der Waals surface area contributed by atoms with Gasteiger partial charge in [0.05, 0.1) is 12.3 Å². The van der Waals surface area contributed by atoms with E-state index in [0.29, 0.717) is 0 Å². The number of hydrogen-bond acceptors (Lipinski definition) is 5. The average Bonchev–Trinajstić information content (AvgIpc) is 2.93. The lowest BCUT2D eigenvalue weighted by atomic mass is 10.1. The number of ether oxygens (including phenoxy) is 1. The number of aromatic nitrogens is 4. The zero-order chi connectivity index (χ0) is 18.8. The predicted molar refractivity (Wildman–Crippen MR) is 69.6 cm³/mol. The average molecular weight is 266 g/mol. The molecule has 0 atom stereocenters. The summed E-state index contributed by atoms with van der Waals surface area (Å²) >= 11 is 0. The molecule has 0 amide bonds. The first kappa shape index (κ1) is 7.37. The minimum Gasteiger partial charge on any atom is -0.462 e. The molecule has 2 aromatic heterocycles. The summed E-state index contributed by atoms with van der Waals surface area (Å²) in [5.74, 6) is -0.704. The molecule has 0 spiro atoms. The highest BCUT2D eigenvalue weighted by Gasteiger charge is 2.19. The van der Waals surface area contributed by atoms with Crippen LogP contribution in [0.2, 0.25) is 0 Å². The summed E-state index contributed by atoms with van der Waals surface area (Å²) in [4.78, 5) is 19.8. The molecule has 6 heteroatoms. The standard InChI is InChI=1S/C13H16N4O2/c1-4-19-13(18)10-7-14-8-15-12(10)11-5-6-16-17(11)9(2)3/h5-9H,4H2,1-3H3/i2D3,3D3. The zero-order valence-corrected chi connectivity index (χ0v) is 10.2. The molecule has 0 radical (unpaired) electrons. The van der Waals surface area contributed by atoms with Gasteiger partial charge >= 0.3 is 5.97 Å². The molecule has 19 heavy (non-hydrogen) atoms. The van der Waals surface area contributed by atoms with Crippen molar-refractivity contribution in [1.29, 1.82) is 0 Å². The van der Waals surface area contributed by atoms with Gasteiger partial charge in [0, 0.05) is 26.7 Å². The quantitative estimate of drug-likeness (QED) is 0.792. The molecule has 100 valence electrons. The second-order valence-electron chi connectivity index (χ2n) is 3.57. The molecule has 0 fully saturated rings. The summed E-state index contributed by atoms with van der Waals surface area (Å²) in [6.45, 7) is -3.93. The molecule has 0 saturated heterocycles.